The zero-order chi connectivity index (χ0) is 22.5. The van der Waals surface area contributed by atoms with Crippen LogP contribution in [0.1, 0.15) is 22.4 Å². The van der Waals surface area contributed by atoms with E-state index in [1.54, 1.807) is 24.0 Å². The summed E-state index contributed by atoms with van der Waals surface area (Å²) in [6.07, 6.45) is 6.91. The first kappa shape index (κ1) is 21.6. The van der Waals surface area contributed by atoms with Crippen molar-refractivity contribution in [2.24, 2.45) is 7.05 Å². The highest BCUT2D eigenvalue weighted by Gasteiger charge is 2.09. The quantitative estimate of drug-likeness (QED) is 0.422. The number of nitrogens with zero attached hydrogens (tertiary/aromatic N) is 4. The maximum atomic E-state index is 12.4. The van der Waals surface area contributed by atoms with Crippen LogP contribution in [0.2, 0.25) is 5.15 Å². The molecular formula is C25H24ClN5O. The summed E-state index contributed by atoms with van der Waals surface area (Å²) in [7, 11) is 1.77. The predicted molar refractivity (Wildman–Crippen MR) is 127 cm³/mol. The Morgan fingerprint density at radius 3 is 2.59 bits per heavy atom. The van der Waals surface area contributed by atoms with Gasteiger partial charge in [0, 0.05) is 37.6 Å². The molecule has 0 atom stereocenters. The van der Waals surface area contributed by atoms with Gasteiger partial charge in [0.1, 0.15) is 5.15 Å². The molecule has 7 heteroatoms. The maximum absolute atomic E-state index is 12.4. The van der Waals surface area contributed by atoms with Crippen molar-refractivity contribution in [1.82, 2.24) is 24.9 Å². The van der Waals surface area contributed by atoms with Crippen LogP contribution in [-0.2, 0) is 24.9 Å². The van der Waals surface area contributed by atoms with E-state index >= 15 is 0 Å². The molecule has 0 unspecified atom stereocenters. The molecule has 2 heterocycles. The van der Waals surface area contributed by atoms with Crippen LogP contribution in [0.15, 0.2) is 73.1 Å². The van der Waals surface area contributed by atoms with Crippen molar-refractivity contribution in [3.63, 3.8) is 0 Å². The van der Waals surface area contributed by atoms with Gasteiger partial charge in [0.15, 0.2) is 0 Å². The third kappa shape index (κ3) is 4.98. The van der Waals surface area contributed by atoms with Gasteiger partial charge < -0.3 is 5.32 Å². The van der Waals surface area contributed by atoms with E-state index in [0.29, 0.717) is 11.7 Å². The largest absolute Gasteiger partial charge is 0.348 e. The van der Waals surface area contributed by atoms with Gasteiger partial charge in [0.2, 0.25) is 5.91 Å². The lowest BCUT2D eigenvalue weighted by molar-refractivity contribution is -0.116. The summed E-state index contributed by atoms with van der Waals surface area (Å²) >= 11 is 6.22. The highest BCUT2D eigenvalue weighted by atomic mass is 35.5. The van der Waals surface area contributed by atoms with E-state index in [4.69, 9.17) is 11.6 Å². The number of nitrogens with one attached hydrogen (secondary N) is 1. The average Bonchev–Trinajstić information content (AvgIpc) is 3.39. The highest BCUT2D eigenvalue weighted by molar-refractivity contribution is 6.31. The Morgan fingerprint density at radius 2 is 1.91 bits per heavy atom. The van der Waals surface area contributed by atoms with Crippen molar-refractivity contribution in [2.75, 3.05) is 0 Å². The van der Waals surface area contributed by atoms with Crippen molar-refractivity contribution in [3.8, 4) is 11.1 Å². The second-order valence-corrected chi connectivity index (χ2v) is 7.88. The second kappa shape index (κ2) is 9.66. The van der Waals surface area contributed by atoms with Gasteiger partial charge in [-0.05, 0) is 41.3 Å². The van der Waals surface area contributed by atoms with Gasteiger partial charge in [-0.15, -0.1) is 0 Å². The van der Waals surface area contributed by atoms with E-state index in [1.807, 2.05) is 42.1 Å². The van der Waals surface area contributed by atoms with E-state index in [2.05, 4.69) is 45.8 Å². The van der Waals surface area contributed by atoms with Crippen LogP contribution in [0.4, 0.5) is 0 Å². The lowest BCUT2D eigenvalue weighted by Gasteiger charge is -2.11. The van der Waals surface area contributed by atoms with E-state index < -0.39 is 0 Å². The standard InChI is InChI=1S/C25H24ClN5O/c1-18-22(25(26)30(2)29-18)12-13-24(32)27-16-21-6-3-4-7-23(21)20-10-8-19(9-11-20)17-31-15-5-14-28-31/h3-15H,16-17H2,1-2H3,(H,27,32). The van der Waals surface area contributed by atoms with E-state index in [9.17, 15) is 4.79 Å². The summed E-state index contributed by atoms with van der Waals surface area (Å²) < 4.78 is 3.48. The molecule has 0 fully saturated rings. The molecule has 0 aliphatic carbocycles. The van der Waals surface area contributed by atoms with Gasteiger partial charge in [-0.25, -0.2) is 0 Å². The molecule has 0 saturated carbocycles. The van der Waals surface area contributed by atoms with Crippen LogP contribution in [-0.4, -0.2) is 25.5 Å². The number of aryl methyl sites for hydroxylation is 2. The van der Waals surface area contributed by atoms with Gasteiger partial charge in [-0.3, -0.25) is 14.2 Å². The Balaban J connectivity index is 1.43. The van der Waals surface area contributed by atoms with Crippen LogP contribution < -0.4 is 5.32 Å². The molecule has 162 valence electrons. The Bertz CT molecular complexity index is 1240. The number of amides is 1. The number of carbonyl (C=O) groups excluding carboxylic acids is 1. The van der Waals surface area contributed by atoms with Gasteiger partial charge in [-0.2, -0.15) is 10.2 Å². The number of aromatic nitrogens is 4. The molecule has 0 aliphatic rings. The van der Waals surface area contributed by atoms with Crippen molar-refractivity contribution in [2.45, 2.75) is 20.0 Å². The van der Waals surface area contributed by atoms with Gasteiger partial charge in [0.25, 0.3) is 0 Å². The number of hydrogen-bond donors (Lipinski definition) is 1. The van der Waals surface area contributed by atoms with Crippen LogP contribution in [0.3, 0.4) is 0 Å². The number of benzene rings is 2. The molecule has 4 aromatic rings. The van der Waals surface area contributed by atoms with Crippen molar-refractivity contribution in [1.29, 1.82) is 0 Å². The van der Waals surface area contributed by atoms with Crippen molar-refractivity contribution >= 4 is 23.6 Å². The molecule has 32 heavy (non-hydrogen) atoms. The molecule has 0 spiro atoms. The molecule has 0 bridgehead atoms. The summed E-state index contributed by atoms with van der Waals surface area (Å²) in [6.45, 7) is 3.02. The SMILES string of the molecule is Cc1nn(C)c(Cl)c1C=CC(=O)NCc1ccccc1-c1ccc(Cn2cccn2)cc1. The number of rotatable bonds is 7. The molecular weight excluding hydrogens is 422 g/mol. The molecule has 1 N–H and O–H groups in total. The van der Waals surface area contributed by atoms with Crippen LogP contribution in [0, 0.1) is 6.92 Å². The smallest absolute Gasteiger partial charge is 0.244 e. The minimum atomic E-state index is -0.186. The lowest BCUT2D eigenvalue weighted by atomic mass is 9.98. The van der Waals surface area contributed by atoms with E-state index in [0.717, 1.165) is 34.5 Å². The first-order chi connectivity index (χ1) is 15.5. The lowest BCUT2D eigenvalue weighted by Crippen LogP contribution is -2.20. The fraction of sp³-hybridized carbons (Fsp3) is 0.160. The normalized spacial score (nSPS) is 11.2. The fourth-order valence-electron chi connectivity index (χ4n) is 3.56. The maximum Gasteiger partial charge on any atom is 0.244 e. The zero-order valence-electron chi connectivity index (χ0n) is 18.0. The predicted octanol–water partition coefficient (Wildman–Crippen LogP) is 4.62. The van der Waals surface area contributed by atoms with Crippen molar-refractivity contribution in [3.05, 3.63) is 101 Å². The topological polar surface area (TPSA) is 64.7 Å². The molecule has 0 radical (unpaired) electrons. The number of hydrogen-bond acceptors (Lipinski definition) is 3. The Morgan fingerprint density at radius 1 is 1.12 bits per heavy atom. The summed E-state index contributed by atoms with van der Waals surface area (Å²) in [4.78, 5) is 12.4. The molecule has 1 amide bonds. The van der Waals surface area contributed by atoms with Gasteiger partial charge >= 0.3 is 0 Å². The van der Waals surface area contributed by atoms with E-state index in [-0.39, 0.29) is 5.91 Å². The Hall–Kier alpha value is -3.64. The van der Waals surface area contributed by atoms with Gasteiger partial charge in [-0.1, -0.05) is 60.1 Å². The van der Waals surface area contributed by atoms with Crippen molar-refractivity contribution < 1.29 is 4.79 Å². The summed E-state index contributed by atoms with van der Waals surface area (Å²) in [5, 5.41) is 12.0. The molecule has 4 rings (SSSR count). The minimum absolute atomic E-state index is 0.186. The van der Waals surface area contributed by atoms with Crippen LogP contribution in [0.5, 0.6) is 0 Å². The average molecular weight is 446 g/mol. The third-order valence-corrected chi connectivity index (χ3v) is 5.68. The number of carbonyl (C=O) groups is 1. The van der Waals surface area contributed by atoms with E-state index in [1.165, 1.54) is 11.6 Å². The third-order valence-electron chi connectivity index (χ3n) is 5.24. The monoisotopic (exact) mass is 445 g/mol. The Labute approximate surface area is 192 Å². The first-order valence-corrected chi connectivity index (χ1v) is 10.7. The second-order valence-electron chi connectivity index (χ2n) is 7.52. The summed E-state index contributed by atoms with van der Waals surface area (Å²) in [5.74, 6) is -0.186. The molecule has 0 aliphatic heterocycles. The molecule has 2 aromatic carbocycles. The highest BCUT2D eigenvalue weighted by Crippen LogP contribution is 2.24. The van der Waals surface area contributed by atoms with Crippen LogP contribution in [0.25, 0.3) is 17.2 Å². The summed E-state index contributed by atoms with van der Waals surface area (Å²) in [6, 6.07) is 18.4. The minimum Gasteiger partial charge on any atom is -0.348 e. The van der Waals surface area contributed by atoms with Gasteiger partial charge in [0.05, 0.1) is 12.2 Å². The number of halogens is 1. The molecule has 2 aromatic heterocycles. The van der Waals surface area contributed by atoms with Crippen LogP contribution >= 0.6 is 11.6 Å². The Kier molecular flexibility index (Phi) is 6.52. The zero-order valence-corrected chi connectivity index (χ0v) is 18.8. The fourth-order valence-corrected chi connectivity index (χ4v) is 3.80. The first-order valence-electron chi connectivity index (χ1n) is 10.3. The molecule has 0 saturated heterocycles. The molecule has 6 nitrogen and oxygen atoms in total. The summed E-state index contributed by atoms with van der Waals surface area (Å²) in [5.41, 5.74) is 5.95.